The molecule has 0 N–H and O–H groups in total. The van der Waals surface area contributed by atoms with Gasteiger partial charge in [0.15, 0.2) is 11.5 Å². The third-order valence-electron chi connectivity index (χ3n) is 6.27. The highest BCUT2D eigenvalue weighted by Gasteiger charge is 2.36. The van der Waals surface area contributed by atoms with Crippen molar-refractivity contribution < 1.29 is 19.0 Å². The van der Waals surface area contributed by atoms with Crippen molar-refractivity contribution in [1.29, 1.82) is 0 Å². The number of ether oxygens (including phenoxy) is 3. The minimum atomic E-state index is -0.337. The number of amides is 1. The number of benzene rings is 3. The number of halogens is 1. The highest BCUT2D eigenvalue weighted by atomic mass is 35.5. The van der Waals surface area contributed by atoms with Gasteiger partial charge in [-0.3, -0.25) is 4.79 Å². The van der Waals surface area contributed by atoms with E-state index in [1.807, 2.05) is 66.4 Å². The van der Waals surface area contributed by atoms with Crippen LogP contribution in [0.2, 0.25) is 5.02 Å². The molecule has 6 heteroatoms. The molecule has 35 heavy (non-hydrogen) atoms. The lowest BCUT2D eigenvalue weighted by molar-refractivity contribution is -0.118. The van der Waals surface area contributed by atoms with Crippen LogP contribution in [-0.2, 0) is 11.2 Å². The van der Waals surface area contributed by atoms with Crippen LogP contribution in [0.15, 0.2) is 60.7 Å². The second kappa shape index (κ2) is 11.0. The van der Waals surface area contributed by atoms with Gasteiger partial charge in [0.25, 0.3) is 0 Å². The Hall–Kier alpha value is -3.18. The molecule has 0 bridgehead atoms. The molecule has 1 aliphatic rings. The Morgan fingerprint density at radius 1 is 1.03 bits per heavy atom. The monoisotopic (exact) mass is 493 g/mol. The van der Waals surface area contributed by atoms with Crippen molar-refractivity contribution in [1.82, 2.24) is 0 Å². The summed E-state index contributed by atoms with van der Waals surface area (Å²) >= 11 is 6.20. The SMILES string of the molecule is CCCOc1cc2c(cc1O[C@H](C)CC)C(c1ccc(Cl)cc1)N(c1ccc(OC)cc1)C(=O)C2. The van der Waals surface area contributed by atoms with Crippen LogP contribution in [0.4, 0.5) is 5.69 Å². The third kappa shape index (κ3) is 5.40. The van der Waals surface area contributed by atoms with Gasteiger partial charge in [0.1, 0.15) is 5.75 Å². The fourth-order valence-electron chi connectivity index (χ4n) is 4.28. The third-order valence-corrected chi connectivity index (χ3v) is 6.52. The van der Waals surface area contributed by atoms with Gasteiger partial charge in [-0.2, -0.15) is 0 Å². The molecule has 1 aliphatic heterocycles. The standard InChI is InChI=1S/C29H32ClNO4/c1-5-15-34-26-16-21-17-28(32)31(23-11-13-24(33-4)14-12-23)29(20-7-9-22(30)10-8-20)25(21)18-27(26)35-19(3)6-2/h7-14,16,18-19,29H,5-6,15,17H2,1-4H3/t19-,29?/m1/s1. The van der Waals surface area contributed by atoms with E-state index >= 15 is 0 Å². The largest absolute Gasteiger partial charge is 0.497 e. The number of methoxy groups -OCH3 is 1. The number of carbonyl (C=O) groups excluding carboxylic acids is 1. The second-order valence-corrected chi connectivity index (χ2v) is 9.21. The number of fused-ring (bicyclic) bond motifs is 1. The second-order valence-electron chi connectivity index (χ2n) is 8.78. The van der Waals surface area contributed by atoms with Crippen LogP contribution < -0.4 is 19.1 Å². The van der Waals surface area contributed by atoms with E-state index in [4.69, 9.17) is 25.8 Å². The van der Waals surface area contributed by atoms with E-state index in [0.717, 1.165) is 41.0 Å². The van der Waals surface area contributed by atoms with Crippen LogP contribution in [0.25, 0.3) is 0 Å². The maximum absolute atomic E-state index is 13.6. The van der Waals surface area contributed by atoms with Crippen molar-refractivity contribution in [2.24, 2.45) is 0 Å². The molecule has 0 spiro atoms. The van der Waals surface area contributed by atoms with E-state index < -0.39 is 0 Å². The number of nitrogens with zero attached hydrogens (tertiary/aromatic N) is 1. The van der Waals surface area contributed by atoms with Gasteiger partial charge in [-0.1, -0.05) is 37.6 Å². The van der Waals surface area contributed by atoms with Gasteiger partial charge >= 0.3 is 0 Å². The molecule has 0 saturated heterocycles. The summed E-state index contributed by atoms with van der Waals surface area (Å²) in [5.74, 6) is 2.14. The maximum Gasteiger partial charge on any atom is 0.232 e. The van der Waals surface area contributed by atoms with Gasteiger partial charge in [0.05, 0.1) is 32.3 Å². The molecule has 0 radical (unpaired) electrons. The molecule has 0 saturated carbocycles. The maximum atomic E-state index is 13.6. The summed E-state index contributed by atoms with van der Waals surface area (Å²) in [6, 6.07) is 18.9. The van der Waals surface area contributed by atoms with Crippen LogP contribution in [-0.4, -0.2) is 25.7 Å². The fraction of sp³-hybridized carbons (Fsp3) is 0.345. The van der Waals surface area contributed by atoms with Gasteiger partial charge in [-0.15, -0.1) is 0 Å². The van der Waals surface area contributed by atoms with Crippen molar-refractivity contribution in [2.45, 2.75) is 52.2 Å². The molecule has 0 fully saturated rings. The Morgan fingerprint density at radius 3 is 2.37 bits per heavy atom. The van der Waals surface area contributed by atoms with E-state index in [0.29, 0.717) is 23.1 Å². The summed E-state index contributed by atoms with van der Waals surface area (Å²) in [7, 11) is 1.63. The van der Waals surface area contributed by atoms with Gasteiger partial charge < -0.3 is 19.1 Å². The Labute approximate surface area is 212 Å². The predicted octanol–water partition coefficient (Wildman–Crippen LogP) is 6.99. The summed E-state index contributed by atoms with van der Waals surface area (Å²) in [4.78, 5) is 15.4. The molecule has 3 aromatic rings. The van der Waals surface area contributed by atoms with Gasteiger partial charge in [-0.05, 0) is 85.0 Å². The highest BCUT2D eigenvalue weighted by molar-refractivity contribution is 6.30. The summed E-state index contributed by atoms with van der Waals surface area (Å²) in [5.41, 5.74) is 3.74. The molecule has 0 aromatic heterocycles. The minimum absolute atomic E-state index is 0.0136. The molecule has 1 unspecified atom stereocenters. The van der Waals surface area contributed by atoms with Crippen LogP contribution in [0.3, 0.4) is 0 Å². The van der Waals surface area contributed by atoms with E-state index in [1.165, 1.54) is 0 Å². The molecule has 2 atom stereocenters. The number of carbonyl (C=O) groups is 1. The number of rotatable bonds is 9. The summed E-state index contributed by atoms with van der Waals surface area (Å²) in [6.45, 7) is 6.80. The lowest BCUT2D eigenvalue weighted by Gasteiger charge is -2.38. The first-order chi connectivity index (χ1) is 16.9. The zero-order chi connectivity index (χ0) is 24.9. The van der Waals surface area contributed by atoms with Crippen molar-refractivity contribution in [3.8, 4) is 17.2 Å². The van der Waals surface area contributed by atoms with Crippen LogP contribution >= 0.6 is 11.6 Å². The summed E-state index contributed by atoms with van der Waals surface area (Å²) in [6.07, 6.45) is 2.07. The zero-order valence-electron chi connectivity index (χ0n) is 20.7. The van der Waals surface area contributed by atoms with E-state index in [-0.39, 0.29) is 24.5 Å². The van der Waals surface area contributed by atoms with Crippen molar-refractivity contribution >= 4 is 23.2 Å². The number of hydrogen-bond acceptors (Lipinski definition) is 4. The molecule has 4 rings (SSSR count). The summed E-state index contributed by atoms with van der Waals surface area (Å²) < 4.78 is 17.7. The highest BCUT2D eigenvalue weighted by Crippen LogP contribution is 2.44. The molecule has 184 valence electrons. The topological polar surface area (TPSA) is 48.0 Å². The van der Waals surface area contributed by atoms with Crippen molar-refractivity contribution in [2.75, 3.05) is 18.6 Å². The van der Waals surface area contributed by atoms with Crippen molar-refractivity contribution in [3.63, 3.8) is 0 Å². The molecule has 3 aromatic carbocycles. The Bertz CT molecular complexity index is 1160. The van der Waals surface area contributed by atoms with Gasteiger partial charge in [-0.25, -0.2) is 0 Å². The Morgan fingerprint density at radius 2 is 1.74 bits per heavy atom. The van der Waals surface area contributed by atoms with Crippen LogP contribution in [0.5, 0.6) is 17.2 Å². The van der Waals surface area contributed by atoms with E-state index in [9.17, 15) is 4.79 Å². The minimum Gasteiger partial charge on any atom is -0.497 e. The van der Waals surface area contributed by atoms with Crippen LogP contribution in [0.1, 0.15) is 56.3 Å². The van der Waals surface area contributed by atoms with E-state index in [1.54, 1.807) is 7.11 Å². The first-order valence-corrected chi connectivity index (χ1v) is 12.5. The predicted molar refractivity (Wildman–Crippen MR) is 140 cm³/mol. The molecule has 1 amide bonds. The number of hydrogen-bond donors (Lipinski definition) is 0. The Balaban J connectivity index is 1.88. The normalized spacial score (nSPS) is 16.0. The quantitative estimate of drug-likeness (QED) is 0.322. The molecular weight excluding hydrogens is 462 g/mol. The first kappa shape index (κ1) is 24.9. The van der Waals surface area contributed by atoms with Crippen LogP contribution in [0, 0.1) is 0 Å². The summed E-state index contributed by atoms with van der Waals surface area (Å²) in [5, 5.41) is 0.649. The fourth-order valence-corrected chi connectivity index (χ4v) is 4.41. The molecule has 0 aliphatic carbocycles. The van der Waals surface area contributed by atoms with Gasteiger partial charge in [0, 0.05) is 10.7 Å². The molecule has 5 nitrogen and oxygen atoms in total. The first-order valence-electron chi connectivity index (χ1n) is 12.1. The zero-order valence-corrected chi connectivity index (χ0v) is 21.5. The lowest BCUT2D eigenvalue weighted by atomic mass is 9.86. The van der Waals surface area contributed by atoms with Crippen molar-refractivity contribution in [3.05, 3.63) is 82.4 Å². The molecule has 1 heterocycles. The van der Waals surface area contributed by atoms with E-state index in [2.05, 4.69) is 19.9 Å². The smallest absolute Gasteiger partial charge is 0.232 e. The average molecular weight is 494 g/mol. The molecular formula is C29H32ClNO4. The number of anilines is 1. The van der Waals surface area contributed by atoms with Gasteiger partial charge in [0.2, 0.25) is 5.91 Å². The Kier molecular flexibility index (Phi) is 7.86. The average Bonchev–Trinajstić information content (AvgIpc) is 2.87. The lowest BCUT2D eigenvalue weighted by Crippen LogP contribution is -2.41.